The number of aromatic amines is 1. The van der Waals surface area contributed by atoms with Gasteiger partial charge in [-0.15, -0.1) is 0 Å². The van der Waals surface area contributed by atoms with Gasteiger partial charge in [0.15, 0.2) is 0 Å². The van der Waals surface area contributed by atoms with Crippen molar-refractivity contribution < 1.29 is 14.6 Å². The third-order valence-electron chi connectivity index (χ3n) is 7.08. The minimum absolute atomic E-state index is 0.113. The van der Waals surface area contributed by atoms with Crippen molar-refractivity contribution in [2.24, 2.45) is 0 Å². The van der Waals surface area contributed by atoms with E-state index in [4.69, 9.17) is 16.3 Å². The van der Waals surface area contributed by atoms with E-state index < -0.39 is 6.09 Å². The molecule has 38 heavy (non-hydrogen) atoms. The zero-order valence-electron chi connectivity index (χ0n) is 21.5. The Morgan fingerprint density at radius 1 is 1.16 bits per heavy atom. The summed E-state index contributed by atoms with van der Waals surface area (Å²) in [5.41, 5.74) is 5.01. The van der Waals surface area contributed by atoms with Crippen LogP contribution in [-0.2, 0) is 0 Å². The summed E-state index contributed by atoms with van der Waals surface area (Å²) in [4.78, 5) is 34.2. The number of hydrogen-bond donors (Lipinski definition) is 2. The van der Waals surface area contributed by atoms with Crippen LogP contribution >= 0.6 is 11.6 Å². The summed E-state index contributed by atoms with van der Waals surface area (Å²) >= 11 is 6.63. The number of aryl methyl sites for hydroxylation is 2. The average molecular weight is 532 g/mol. The predicted octanol–water partition coefficient (Wildman–Crippen LogP) is 6.83. The number of aromatic nitrogens is 2. The Balaban J connectivity index is 1.63. The first kappa shape index (κ1) is 25.8. The van der Waals surface area contributed by atoms with Crippen LogP contribution in [0.4, 0.5) is 4.79 Å². The van der Waals surface area contributed by atoms with Crippen LogP contribution < -0.4 is 10.3 Å². The predicted molar refractivity (Wildman–Crippen MR) is 150 cm³/mol. The van der Waals surface area contributed by atoms with Crippen molar-refractivity contribution in [3.63, 3.8) is 0 Å². The first-order valence-corrected chi connectivity index (χ1v) is 13.2. The number of H-pyrrole nitrogens is 1. The number of carboxylic acid groups (broad SMARTS) is 1. The van der Waals surface area contributed by atoms with E-state index in [1.165, 1.54) is 4.90 Å². The molecule has 2 aromatic carbocycles. The lowest BCUT2D eigenvalue weighted by Crippen LogP contribution is -2.43. The fourth-order valence-corrected chi connectivity index (χ4v) is 5.65. The zero-order chi connectivity index (χ0) is 26.8. The first-order valence-electron chi connectivity index (χ1n) is 12.8. The van der Waals surface area contributed by atoms with Crippen LogP contribution in [0.5, 0.6) is 5.75 Å². The van der Waals surface area contributed by atoms with Gasteiger partial charge in [-0.2, -0.15) is 0 Å². The van der Waals surface area contributed by atoms with Gasteiger partial charge in [0.1, 0.15) is 5.75 Å². The van der Waals surface area contributed by atoms with E-state index in [9.17, 15) is 14.7 Å². The second-order valence-corrected chi connectivity index (χ2v) is 10.3. The molecule has 4 aromatic rings. The number of carbonyl (C=O) groups is 1. The minimum atomic E-state index is -0.901. The average Bonchev–Trinajstić information content (AvgIpc) is 2.88. The Morgan fingerprint density at radius 2 is 1.95 bits per heavy atom. The first-order chi connectivity index (χ1) is 18.3. The largest absolute Gasteiger partial charge is 0.492 e. The lowest BCUT2D eigenvalue weighted by atomic mass is 9.98. The summed E-state index contributed by atoms with van der Waals surface area (Å²) in [5.74, 6) is 0.459. The van der Waals surface area contributed by atoms with E-state index in [2.05, 4.69) is 16.0 Å². The zero-order valence-corrected chi connectivity index (χ0v) is 22.2. The van der Waals surface area contributed by atoms with E-state index in [0.717, 1.165) is 41.5 Å². The molecule has 5 rings (SSSR count). The van der Waals surface area contributed by atoms with Crippen LogP contribution in [0.25, 0.3) is 33.3 Å². The highest BCUT2D eigenvalue weighted by atomic mass is 35.5. The number of pyridine rings is 2. The maximum Gasteiger partial charge on any atom is 0.407 e. The van der Waals surface area contributed by atoms with Crippen LogP contribution in [0.2, 0.25) is 5.02 Å². The third kappa shape index (κ3) is 5.24. The number of fused-ring (bicyclic) bond motifs is 1. The third-order valence-corrected chi connectivity index (χ3v) is 7.39. The molecule has 0 saturated carbocycles. The van der Waals surface area contributed by atoms with Crippen LogP contribution in [0.1, 0.15) is 36.8 Å². The number of amides is 1. The molecule has 1 saturated heterocycles. The lowest BCUT2D eigenvalue weighted by molar-refractivity contribution is 0.0969. The normalized spacial score (nSPS) is 15.6. The number of likely N-dealkylation sites (tertiary alicyclic amines) is 1. The molecule has 2 N–H and O–H groups in total. The molecule has 1 amide bonds. The molecule has 2 aromatic heterocycles. The molecule has 1 aliphatic heterocycles. The van der Waals surface area contributed by atoms with Gasteiger partial charge in [-0.1, -0.05) is 47.0 Å². The van der Waals surface area contributed by atoms with Crippen LogP contribution in [-0.4, -0.2) is 45.3 Å². The van der Waals surface area contributed by atoms with E-state index in [0.29, 0.717) is 45.9 Å². The van der Waals surface area contributed by atoms with Crippen molar-refractivity contribution >= 4 is 28.6 Å². The van der Waals surface area contributed by atoms with Crippen LogP contribution in [0, 0.1) is 13.8 Å². The number of rotatable bonds is 6. The summed E-state index contributed by atoms with van der Waals surface area (Å²) in [6, 6.07) is 15.1. The van der Waals surface area contributed by atoms with Crippen molar-refractivity contribution in [1.29, 1.82) is 0 Å². The molecule has 7 nitrogen and oxygen atoms in total. The summed E-state index contributed by atoms with van der Waals surface area (Å²) < 4.78 is 6.42. The van der Waals surface area contributed by atoms with E-state index in [-0.39, 0.29) is 18.2 Å². The van der Waals surface area contributed by atoms with Gasteiger partial charge in [0.05, 0.1) is 28.4 Å². The molecule has 0 radical (unpaired) electrons. The van der Waals surface area contributed by atoms with Crippen molar-refractivity contribution in [3.8, 4) is 28.1 Å². The summed E-state index contributed by atoms with van der Waals surface area (Å²) in [6.45, 7) is 4.80. The summed E-state index contributed by atoms with van der Waals surface area (Å²) in [6.07, 6.45) is 4.00. The van der Waals surface area contributed by atoms with E-state index >= 15 is 0 Å². The molecule has 1 aliphatic rings. The number of nitrogens with zero attached hydrogens (tertiary/aromatic N) is 2. The summed E-state index contributed by atoms with van der Waals surface area (Å²) in [7, 11) is 0. The van der Waals surface area contributed by atoms with Gasteiger partial charge < -0.3 is 19.7 Å². The van der Waals surface area contributed by atoms with Gasteiger partial charge in [-0.3, -0.25) is 9.78 Å². The van der Waals surface area contributed by atoms with Gasteiger partial charge in [0.2, 0.25) is 0 Å². The molecule has 0 bridgehead atoms. The number of ether oxygens (including phenoxy) is 1. The quantitative estimate of drug-likeness (QED) is 0.284. The molecule has 0 aliphatic carbocycles. The van der Waals surface area contributed by atoms with Gasteiger partial charge in [-0.25, -0.2) is 4.79 Å². The molecule has 1 atom stereocenters. The van der Waals surface area contributed by atoms with Crippen molar-refractivity contribution in [2.45, 2.75) is 45.6 Å². The standard InChI is InChI=1S/C30H30ClN3O4/c1-18-13-19(2)15-20(14-18)27-28(38-12-9-21-7-4-6-11-34(21)30(36)37)23-16-22(25-8-3-5-10-32-25)24(31)17-26(23)33-29(27)35/h3,5,8,10,13-17,21H,4,6-7,9,11-12H2,1-2H3,(H,33,35)(H,36,37). The Morgan fingerprint density at radius 3 is 2.66 bits per heavy atom. The van der Waals surface area contributed by atoms with Crippen molar-refractivity contribution in [3.05, 3.63) is 81.2 Å². The van der Waals surface area contributed by atoms with Crippen molar-refractivity contribution in [2.75, 3.05) is 13.2 Å². The number of nitrogens with one attached hydrogen (secondary N) is 1. The number of benzene rings is 2. The lowest BCUT2D eigenvalue weighted by Gasteiger charge is -2.33. The molecule has 3 heterocycles. The van der Waals surface area contributed by atoms with Gasteiger partial charge >= 0.3 is 6.09 Å². The molecule has 1 fully saturated rings. The van der Waals surface area contributed by atoms with Crippen LogP contribution in [0.15, 0.2) is 59.5 Å². The fraction of sp³-hybridized carbons (Fsp3) is 0.300. The molecular formula is C30H30ClN3O4. The van der Waals surface area contributed by atoms with Crippen LogP contribution in [0.3, 0.4) is 0 Å². The smallest absolute Gasteiger partial charge is 0.407 e. The molecular weight excluding hydrogens is 502 g/mol. The Labute approximate surface area is 226 Å². The Kier molecular flexibility index (Phi) is 7.38. The highest BCUT2D eigenvalue weighted by Crippen LogP contribution is 2.39. The second kappa shape index (κ2) is 10.9. The Bertz CT molecular complexity index is 1530. The monoisotopic (exact) mass is 531 g/mol. The number of hydrogen-bond acceptors (Lipinski definition) is 4. The molecule has 196 valence electrons. The van der Waals surface area contributed by atoms with E-state index in [1.807, 2.05) is 50.2 Å². The molecule has 1 unspecified atom stereocenters. The van der Waals surface area contributed by atoms with Crippen molar-refractivity contribution in [1.82, 2.24) is 14.9 Å². The molecule has 0 spiro atoms. The Hall–Kier alpha value is -3.84. The van der Waals surface area contributed by atoms with Gasteiger partial charge in [0, 0.05) is 36.2 Å². The number of piperidine rings is 1. The van der Waals surface area contributed by atoms with Gasteiger partial charge in [0.25, 0.3) is 5.56 Å². The second-order valence-electron chi connectivity index (χ2n) is 9.89. The summed E-state index contributed by atoms with van der Waals surface area (Å²) in [5, 5.41) is 10.8. The maximum absolute atomic E-state index is 13.5. The minimum Gasteiger partial charge on any atom is -0.492 e. The fourth-order valence-electron chi connectivity index (χ4n) is 5.39. The highest BCUT2D eigenvalue weighted by Gasteiger charge is 2.27. The highest BCUT2D eigenvalue weighted by molar-refractivity contribution is 6.34. The topological polar surface area (TPSA) is 95.5 Å². The SMILES string of the molecule is Cc1cc(C)cc(-c2c(OCCC3CCCCN3C(=O)O)c3cc(-c4ccccn4)c(Cl)cc3[nH]c2=O)c1. The number of halogens is 1. The van der Waals surface area contributed by atoms with Gasteiger partial charge in [-0.05, 0) is 62.9 Å². The molecule has 8 heteroatoms. The van der Waals surface area contributed by atoms with E-state index in [1.54, 1.807) is 12.3 Å². The maximum atomic E-state index is 13.5.